The van der Waals surface area contributed by atoms with Crippen molar-refractivity contribution >= 4 is 17.6 Å². The molecular weight excluding hydrogens is 437 g/mol. The van der Waals surface area contributed by atoms with Gasteiger partial charge in [0.05, 0.1) is 24.8 Å². The van der Waals surface area contributed by atoms with Gasteiger partial charge in [0.2, 0.25) is 5.54 Å². The van der Waals surface area contributed by atoms with Crippen LogP contribution in [-0.4, -0.2) is 41.3 Å². The first-order valence-corrected chi connectivity index (χ1v) is 10.4. The maximum atomic E-state index is 14.7. The number of carbonyl (C=O) groups is 3. The molecule has 2 amide bonds. The van der Waals surface area contributed by atoms with Gasteiger partial charge in [0, 0.05) is 12.1 Å². The predicted octanol–water partition coefficient (Wildman–Crippen LogP) is 3.78. The van der Waals surface area contributed by atoms with Gasteiger partial charge in [0.1, 0.15) is 5.75 Å². The average molecular weight is 458 g/mol. The van der Waals surface area contributed by atoms with E-state index in [1.807, 2.05) is 5.32 Å². The van der Waals surface area contributed by atoms with Crippen LogP contribution < -0.4 is 10.1 Å². The van der Waals surface area contributed by atoms with Crippen molar-refractivity contribution in [3.8, 4) is 5.75 Å². The number of ketones is 1. The standard InChI is InChI=1S/C24H21F3N2O4/c1-33-19-13-6-5-10-16(19)21(31)28-23(24(25,26)27)20-17(11-7-12-18(20)30)29(22(23)32)14-15-8-3-2-4-9-15/h2-6,8-10,13H,7,11-12,14H2,1H3,(H,28,31)/t23-/m0/s1. The van der Waals surface area contributed by atoms with Crippen molar-refractivity contribution < 1.29 is 32.3 Å². The molecule has 0 saturated heterocycles. The van der Waals surface area contributed by atoms with Crippen LogP contribution in [0.2, 0.25) is 0 Å². The zero-order valence-electron chi connectivity index (χ0n) is 17.7. The number of hydrogen-bond acceptors (Lipinski definition) is 4. The van der Waals surface area contributed by atoms with E-state index < -0.39 is 34.9 Å². The number of carbonyl (C=O) groups excluding carboxylic acids is 3. The molecule has 1 N–H and O–H groups in total. The van der Waals surface area contributed by atoms with Gasteiger partial charge >= 0.3 is 6.18 Å². The van der Waals surface area contributed by atoms with Gasteiger partial charge in [-0.2, -0.15) is 13.2 Å². The van der Waals surface area contributed by atoms with Crippen LogP contribution >= 0.6 is 0 Å². The zero-order valence-corrected chi connectivity index (χ0v) is 17.7. The van der Waals surface area contributed by atoms with Crippen molar-refractivity contribution in [3.63, 3.8) is 0 Å². The van der Waals surface area contributed by atoms with Crippen LogP contribution in [0.5, 0.6) is 5.75 Å². The summed E-state index contributed by atoms with van der Waals surface area (Å²) in [6.07, 6.45) is -4.93. The molecule has 0 aromatic heterocycles. The van der Waals surface area contributed by atoms with Crippen molar-refractivity contribution in [1.29, 1.82) is 0 Å². The van der Waals surface area contributed by atoms with Gasteiger partial charge in [-0.25, -0.2) is 0 Å². The number of amides is 2. The Morgan fingerprint density at radius 1 is 1.06 bits per heavy atom. The zero-order chi connectivity index (χ0) is 23.8. The Bertz CT molecular complexity index is 1140. The highest BCUT2D eigenvalue weighted by molar-refractivity contribution is 6.14. The number of nitrogens with zero attached hydrogens (tertiary/aromatic N) is 1. The first-order valence-electron chi connectivity index (χ1n) is 10.4. The highest BCUT2D eigenvalue weighted by Crippen LogP contribution is 2.49. The molecule has 0 spiro atoms. The summed E-state index contributed by atoms with van der Waals surface area (Å²) in [4.78, 5) is 40.3. The summed E-state index contributed by atoms with van der Waals surface area (Å²) in [7, 11) is 1.28. The van der Waals surface area contributed by atoms with E-state index in [2.05, 4.69) is 0 Å². The second-order valence-corrected chi connectivity index (χ2v) is 7.88. The maximum Gasteiger partial charge on any atom is 0.425 e. The number of ether oxygens (including phenoxy) is 1. The fraction of sp³-hybridized carbons (Fsp3) is 0.292. The molecule has 4 rings (SSSR count). The van der Waals surface area contributed by atoms with E-state index in [4.69, 9.17) is 4.74 Å². The van der Waals surface area contributed by atoms with E-state index in [0.717, 1.165) is 4.90 Å². The number of Topliss-reactive ketones (excluding diaryl/α,β-unsaturated/α-hetero) is 1. The van der Waals surface area contributed by atoms with Gasteiger partial charge in [-0.15, -0.1) is 0 Å². The predicted molar refractivity (Wildman–Crippen MR) is 112 cm³/mol. The number of hydrogen-bond donors (Lipinski definition) is 1. The lowest BCUT2D eigenvalue weighted by atomic mass is 9.81. The number of rotatable bonds is 5. The van der Waals surface area contributed by atoms with E-state index in [0.29, 0.717) is 12.0 Å². The highest BCUT2D eigenvalue weighted by atomic mass is 19.4. The van der Waals surface area contributed by atoms with E-state index in [-0.39, 0.29) is 36.4 Å². The first-order chi connectivity index (χ1) is 15.7. The van der Waals surface area contributed by atoms with Gasteiger partial charge in [-0.1, -0.05) is 42.5 Å². The molecule has 9 heteroatoms. The minimum absolute atomic E-state index is 0.0118. The molecule has 1 atom stereocenters. The summed E-state index contributed by atoms with van der Waals surface area (Å²) in [5, 5.41) is 1.90. The van der Waals surface area contributed by atoms with Crippen LogP contribution in [0.25, 0.3) is 0 Å². The normalized spacial score (nSPS) is 20.7. The third-order valence-corrected chi connectivity index (χ3v) is 5.91. The van der Waals surface area contributed by atoms with Crippen molar-refractivity contribution in [2.24, 2.45) is 0 Å². The number of halogens is 3. The minimum atomic E-state index is -5.25. The summed E-state index contributed by atoms with van der Waals surface area (Å²) in [5.41, 5.74) is -3.72. The number of nitrogens with one attached hydrogen (secondary N) is 1. The molecule has 1 aliphatic carbocycles. The van der Waals surface area contributed by atoms with Crippen LogP contribution in [0.15, 0.2) is 65.9 Å². The van der Waals surface area contributed by atoms with Crippen molar-refractivity contribution in [3.05, 3.63) is 77.0 Å². The second-order valence-electron chi connectivity index (χ2n) is 7.88. The molecule has 6 nitrogen and oxygen atoms in total. The molecular formula is C24H21F3N2O4. The summed E-state index contributed by atoms with van der Waals surface area (Å²) < 4.78 is 49.2. The first kappa shape index (κ1) is 22.6. The number of alkyl halides is 3. The lowest BCUT2D eigenvalue weighted by Crippen LogP contribution is -2.66. The molecule has 2 aromatic carbocycles. The Kier molecular flexibility index (Phi) is 5.73. The summed E-state index contributed by atoms with van der Waals surface area (Å²) in [6.45, 7) is -0.145. The monoisotopic (exact) mass is 458 g/mol. The lowest BCUT2D eigenvalue weighted by Gasteiger charge is -2.33. The van der Waals surface area contributed by atoms with Crippen LogP contribution in [0.3, 0.4) is 0 Å². The van der Waals surface area contributed by atoms with E-state index in [1.54, 1.807) is 36.4 Å². The van der Waals surface area contributed by atoms with Gasteiger partial charge in [0.25, 0.3) is 11.8 Å². The van der Waals surface area contributed by atoms with Gasteiger partial charge < -0.3 is 15.0 Å². The topological polar surface area (TPSA) is 75.7 Å². The third-order valence-electron chi connectivity index (χ3n) is 5.91. The quantitative estimate of drug-likeness (QED) is 0.740. The van der Waals surface area contributed by atoms with Crippen LogP contribution in [0.1, 0.15) is 35.2 Å². The van der Waals surface area contributed by atoms with E-state index in [9.17, 15) is 27.6 Å². The van der Waals surface area contributed by atoms with Crippen molar-refractivity contribution in [1.82, 2.24) is 10.2 Å². The number of para-hydroxylation sites is 1. The molecule has 1 aliphatic heterocycles. The summed E-state index contributed by atoms with van der Waals surface area (Å²) in [5.74, 6) is -3.30. The average Bonchev–Trinajstić information content (AvgIpc) is 3.04. The lowest BCUT2D eigenvalue weighted by molar-refractivity contribution is -0.190. The largest absolute Gasteiger partial charge is 0.496 e. The fourth-order valence-corrected chi connectivity index (χ4v) is 4.41. The Morgan fingerprint density at radius 2 is 1.73 bits per heavy atom. The minimum Gasteiger partial charge on any atom is -0.496 e. The highest BCUT2D eigenvalue weighted by Gasteiger charge is 2.71. The third kappa shape index (κ3) is 3.67. The molecule has 33 heavy (non-hydrogen) atoms. The van der Waals surface area contributed by atoms with E-state index in [1.165, 1.54) is 25.3 Å². The molecule has 172 valence electrons. The SMILES string of the molecule is COc1ccccc1C(=O)N[C@]1(C(F)(F)F)C(=O)N(Cc2ccccc2)C2=C1C(=O)CCC2. The molecule has 0 unspecified atom stereocenters. The molecule has 0 bridgehead atoms. The van der Waals surface area contributed by atoms with Gasteiger partial charge in [-0.05, 0) is 30.5 Å². The van der Waals surface area contributed by atoms with Crippen LogP contribution in [0, 0.1) is 0 Å². The molecule has 2 aliphatic rings. The summed E-state index contributed by atoms with van der Waals surface area (Å²) in [6, 6.07) is 14.3. The summed E-state index contributed by atoms with van der Waals surface area (Å²) >= 11 is 0. The Labute approximate surface area is 188 Å². The smallest absolute Gasteiger partial charge is 0.425 e. The Balaban J connectivity index is 1.84. The number of methoxy groups -OCH3 is 1. The Morgan fingerprint density at radius 3 is 2.39 bits per heavy atom. The van der Waals surface area contributed by atoms with Crippen LogP contribution in [0.4, 0.5) is 13.2 Å². The van der Waals surface area contributed by atoms with Crippen molar-refractivity contribution in [2.45, 2.75) is 37.5 Å². The van der Waals surface area contributed by atoms with Crippen molar-refractivity contribution in [2.75, 3.05) is 7.11 Å². The number of allylic oxidation sites excluding steroid dienone is 1. The van der Waals surface area contributed by atoms with Gasteiger partial charge in [0.15, 0.2) is 5.78 Å². The molecule has 2 aromatic rings. The Hall–Kier alpha value is -3.62. The fourth-order valence-electron chi connectivity index (χ4n) is 4.41. The molecule has 0 radical (unpaired) electrons. The van der Waals surface area contributed by atoms with Gasteiger partial charge in [-0.3, -0.25) is 14.4 Å². The number of benzene rings is 2. The second kappa shape index (κ2) is 8.38. The molecule has 0 saturated carbocycles. The maximum absolute atomic E-state index is 14.7. The molecule has 0 fully saturated rings. The molecule has 1 heterocycles. The van der Waals surface area contributed by atoms with Crippen LogP contribution in [-0.2, 0) is 16.1 Å². The van der Waals surface area contributed by atoms with E-state index >= 15 is 0 Å².